The van der Waals surface area contributed by atoms with E-state index in [1.807, 2.05) is 41.8 Å². The highest BCUT2D eigenvalue weighted by atomic mass is 32.1. The van der Waals surface area contributed by atoms with E-state index in [0.29, 0.717) is 22.2 Å². The second kappa shape index (κ2) is 7.32. The number of hydrogen-bond acceptors (Lipinski definition) is 6. The van der Waals surface area contributed by atoms with Gasteiger partial charge in [-0.25, -0.2) is 4.98 Å². The number of aromatic nitrogens is 1. The molecule has 7 heteroatoms. The molecule has 0 saturated carbocycles. The van der Waals surface area contributed by atoms with Gasteiger partial charge in [0.1, 0.15) is 11.6 Å². The lowest BCUT2D eigenvalue weighted by Crippen LogP contribution is -2.13. The van der Waals surface area contributed by atoms with Crippen LogP contribution in [0.3, 0.4) is 0 Å². The summed E-state index contributed by atoms with van der Waals surface area (Å²) in [6.45, 7) is 0.169. The van der Waals surface area contributed by atoms with Crippen molar-refractivity contribution in [1.29, 1.82) is 5.26 Å². The summed E-state index contributed by atoms with van der Waals surface area (Å²) in [5, 5.41) is 14.3. The maximum absolute atomic E-state index is 12.4. The number of nitrogens with one attached hydrogen (secondary N) is 1. The number of carbonyl (C=O) groups is 1. The van der Waals surface area contributed by atoms with Gasteiger partial charge in [0.15, 0.2) is 16.6 Å². The predicted molar refractivity (Wildman–Crippen MR) is 102 cm³/mol. The first-order chi connectivity index (χ1) is 13.2. The fourth-order valence-corrected chi connectivity index (χ4v) is 3.27. The maximum Gasteiger partial charge on any atom is 0.268 e. The lowest BCUT2D eigenvalue weighted by Gasteiger charge is -2.01. The lowest BCUT2D eigenvalue weighted by molar-refractivity contribution is -0.112. The van der Waals surface area contributed by atoms with Crippen molar-refractivity contribution < 1.29 is 14.3 Å². The molecule has 0 aliphatic carbocycles. The zero-order valence-corrected chi connectivity index (χ0v) is 14.8. The van der Waals surface area contributed by atoms with Crippen LogP contribution in [-0.4, -0.2) is 17.7 Å². The van der Waals surface area contributed by atoms with Crippen LogP contribution in [0.2, 0.25) is 0 Å². The fraction of sp³-hybridized carbons (Fsp3) is 0.0500. The number of amides is 1. The van der Waals surface area contributed by atoms with Crippen LogP contribution in [0.25, 0.3) is 17.3 Å². The molecule has 2 heterocycles. The molecule has 27 heavy (non-hydrogen) atoms. The average Bonchev–Trinajstić information content (AvgIpc) is 3.35. The SMILES string of the molecule is N#C/C(=C/c1ccc2c(c1)OCO2)C(=O)Nc1nc(-c2ccccc2)cs1. The van der Waals surface area contributed by atoms with Crippen LogP contribution >= 0.6 is 11.3 Å². The van der Waals surface area contributed by atoms with Crippen molar-refractivity contribution in [3.63, 3.8) is 0 Å². The van der Waals surface area contributed by atoms with Gasteiger partial charge < -0.3 is 9.47 Å². The number of thiazole rings is 1. The molecule has 1 aliphatic rings. The molecule has 0 atom stereocenters. The molecule has 1 N–H and O–H groups in total. The van der Waals surface area contributed by atoms with Gasteiger partial charge in [0.05, 0.1) is 5.69 Å². The lowest BCUT2D eigenvalue weighted by atomic mass is 10.1. The highest BCUT2D eigenvalue weighted by Gasteiger charge is 2.15. The van der Waals surface area contributed by atoms with Gasteiger partial charge >= 0.3 is 0 Å². The van der Waals surface area contributed by atoms with Crippen LogP contribution in [-0.2, 0) is 4.79 Å². The largest absolute Gasteiger partial charge is 0.454 e. The van der Waals surface area contributed by atoms with E-state index in [2.05, 4.69) is 10.3 Å². The number of benzene rings is 2. The first-order valence-corrected chi connectivity index (χ1v) is 8.94. The molecule has 132 valence electrons. The van der Waals surface area contributed by atoms with Crippen molar-refractivity contribution in [3.05, 3.63) is 65.0 Å². The van der Waals surface area contributed by atoms with Crippen molar-refractivity contribution in [2.75, 3.05) is 12.1 Å². The van der Waals surface area contributed by atoms with Gasteiger partial charge in [-0.05, 0) is 23.8 Å². The van der Waals surface area contributed by atoms with E-state index in [4.69, 9.17) is 9.47 Å². The molecular formula is C20H13N3O3S. The molecule has 1 aromatic heterocycles. The van der Waals surface area contributed by atoms with E-state index < -0.39 is 5.91 Å². The van der Waals surface area contributed by atoms with Gasteiger partial charge in [-0.3, -0.25) is 10.1 Å². The third kappa shape index (κ3) is 3.66. The molecule has 1 amide bonds. The van der Waals surface area contributed by atoms with Crippen LogP contribution in [0.5, 0.6) is 11.5 Å². The van der Waals surface area contributed by atoms with Crippen molar-refractivity contribution in [2.45, 2.75) is 0 Å². The minimum absolute atomic E-state index is 0.0228. The summed E-state index contributed by atoms with van der Waals surface area (Å²) in [5.74, 6) is 0.726. The summed E-state index contributed by atoms with van der Waals surface area (Å²) in [4.78, 5) is 16.8. The first kappa shape index (κ1) is 16.8. The number of carbonyl (C=O) groups excluding carboxylic acids is 1. The molecule has 0 saturated heterocycles. The van der Waals surface area contributed by atoms with Crippen molar-refractivity contribution in [3.8, 4) is 28.8 Å². The van der Waals surface area contributed by atoms with E-state index in [1.54, 1.807) is 18.2 Å². The normalized spacial score (nSPS) is 12.5. The molecule has 0 radical (unpaired) electrons. The van der Waals surface area contributed by atoms with Crippen LogP contribution in [0, 0.1) is 11.3 Å². The van der Waals surface area contributed by atoms with Gasteiger partial charge in [0.25, 0.3) is 5.91 Å². The zero-order valence-electron chi connectivity index (χ0n) is 14.0. The summed E-state index contributed by atoms with van der Waals surface area (Å²) in [7, 11) is 0. The Labute approximate surface area is 159 Å². The molecule has 0 fully saturated rings. The van der Waals surface area contributed by atoms with E-state index in [-0.39, 0.29) is 12.4 Å². The zero-order chi connectivity index (χ0) is 18.6. The first-order valence-electron chi connectivity index (χ1n) is 8.07. The highest BCUT2D eigenvalue weighted by Crippen LogP contribution is 2.33. The Bertz CT molecular complexity index is 1070. The van der Waals surface area contributed by atoms with Crippen LogP contribution in [0.15, 0.2) is 59.5 Å². The molecule has 1 aliphatic heterocycles. The van der Waals surface area contributed by atoms with E-state index in [1.165, 1.54) is 17.4 Å². The average molecular weight is 375 g/mol. The number of fused-ring (bicyclic) bond motifs is 1. The molecule has 0 spiro atoms. The summed E-state index contributed by atoms with van der Waals surface area (Å²) in [6.07, 6.45) is 1.50. The number of hydrogen-bond donors (Lipinski definition) is 1. The highest BCUT2D eigenvalue weighted by molar-refractivity contribution is 7.14. The molecular weight excluding hydrogens is 362 g/mol. The van der Waals surface area contributed by atoms with Gasteiger partial charge in [0, 0.05) is 10.9 Å². The van der Waals surface area contributed by atoms with E-state index in [0.717, 1.165) is 11.3 Å². The minimum Gasteiger partial charge on any atom is -0.454 e. The number of nitrogens with zero attached hydrogens (tertiary/aromatic N) is 2. The number of anilines is 1. The molecule has 4 rings (SSSR count). The number of nitriles is 1. The van der Waals surface area contributed by atoms with Gasteiger partial charge in [-0.15, -0.1) is 11.3 Å². The predicted octanol–water partition coefficient (Wildman–Crippen LogP) is 4.08. The molecule has 0 bridgehead atoms. The topological polar surface area (TPSA) is 84.2 Å². The number of ether oxygens (including phenoxy) is 2. The summed E-state index contributed by atoms with van der Waals surface area (Å²) >= 11 is 1.31. The van der Waals surface area contributed by atoms with Crippen molar-refractivity contribution in [2.24, 2.45) is 0 Å². The quantitative estimate of drug-likeness (QED) is 0.549. The Hall–Kier alpha value is -3.63. The Kier molecular flexibility index (Phi) is 4.56. The summed E-state index contributed by atoms with van der Waals surface area (Å²) in [5.41, 5.74) is 2.39. The van der Waals surface area contributed by atoms with Gasteiger partial charge in [-0.1, -0.05) is 36.4 Å². The Morgan fingerprint density at radius 2 is 2.00 bits per heavy atom. The monoisotopic (exact) mass is 375 g/mol. The smallest absolute Gasteiger partial charge is 0.268 e. The molecule has 0 unspecified atom stereocenters. The summed E-state index contributed by atoms with van der Waals surface area (Å²) in [6, 6.07) is 16.8. The van der Waals surface area contributed by atoms with Crippen LogP contribution in [0.1, 0.15) is 5.56 Å². The minimum atomic E-state index is -0.510. The fourth-order valence-electron chi connectivity index (χ4n) is 2.56. The second-order valence-electron chi connectivity index (χ2n) is 5.64. The van der Waals surface area contributed by atoms with Gasteiger partial charge in [-0.2, -0.15) is 5.26 Å². The van der Waals surface area contributed by atoms with Crippen LogP contribution < -0.4 is 14.8 Å². The van der Waals surface area contributed by atoms with Gasteiger partial charge in [0.2, 0.25) is 6.79 Å². The molecule has 6 nitrogen and oxygen atoms in total. The van der Waals surface area contributed by atoms with Crippen LogP contribution in [0.4, 0.5) is 5.13 Å². The van der Waals surface area contributed by atoms with Crippen molar-refractivity contribution in [1.82, 2.24) is 4.98 Å². The number of rotatable bonds is 4. The third-order valence-electron chi connectivity index (χ3n) is 3.87. The van der Waals surface area contributed by atoms with E-state index >= 15 is 0 Å². The standard InChI is InChI=1S/C20H13N3O3S/c21-10-15(8-13-6-7-17-18(9-13)26-12-25-17)19(24)23-20-22-16(11-27-20)14-4-2-1-3-5-14/h1-9,11H,12H2,(H,22,23,24)/b15-8-. The summed E-state index contributed by atoms with van der Waals surface area (Å²) < 4.78 is 10.6. The second-order valence-corrected chi connectivity index (χ2v) is 6.50. The maximum atomic E-state index is 12.4. The molecule has 3 aromatic rings. The Balaban J connectivity index is 1.51. The Morgan fingerprint density at radius 1 is 1.19 bits per heavy atom. The van der Waals surface area contributed by atoms with E-state index in [9.17, 15) is 10.1 Å². The molecule has 2 aromatic carbocycles. The van der Waals surface area contributed by atoms with Crippen molar-refractivity contribution >= 4 is 28.5 Å². The third-order valence-corrected chi connectivity index (χ3v) is 4.62. The Morgan fingerprint density at radius 3 is 2.81 bits per heavy atom.